The van der Waals surface area contributed by atoms with Crippen molar-refractivity contribution in [2.24, 2.45) is 5.92 Å². The molecule has 1 aromatic carbocycles. The van der Waals surface area contributed by atoms with E-state index in [4.69, 9.17) is 4.74 Å². The third-order valence-corrected chi connectivity index (χ3v) is 4.29. The van der Waals surface area contributed by atoms with Gasteiger partial charge in [-0.1, -0.05) is 0 Å². The number of anilines is 1. The average molecular weight is 350 g/mol. The minimum absolute atomic E-state index is 0.102. The van der Waals surface area contributed by atoms with Crippen LogP contribution in [-0.2, 0) is 14.3 Å². The molecule has 0 N–H and O–H groups in total. The van der Waals surface area contributed by atoms with Crippen molar-refractivity contribution in [1.29, 1.82) is 0 Å². The molecule has 1 amide bonds. The van der Waals surface area contributed by atoms with E-state index in [-0.39, 0.29) is 18.3 Å². The summed E-state index contributed by atoms with van der Waals surface area (Å²) in [6, 6.07) is 3.61. The summed E-state index contributed by atoms with van der Waals surface area (Å²) in [5.74, 6) is -0.885. The van der Waals surface area contributed by atoms with Gasteiger partial charge in [0, 0.05) is 25.4 Å². The molecule has 1 unspecified atom stereocenters. The van der Waals surface area contributed by atoms with Crippen LogP contribution in [0.5, 0.6) is 0 Å². The largest absolute Gasteiger partial charge is 0.469 e. The van der Waals surface area contributed by atoms with E-state index >= 15 is 0 Å². The van der Waals surface area contributed by atoms with Gasteiger partial charge >= 0.3 is 5.97 Å². The highest BCUT2D eigenvalue weighted by Crippen LogP contribution is 2.35. The van der Waals surface area contributed by atoms with Gasteiger partial charge in [-0.2, -0.15) is 0 Å². The van der Waals surface area contributed by atoms with Gasteiger partial charge in [0.1, 0.15) is 5.52 Å². The Morgan fingerprint density at radius 1 is 1.38 bits per heavy atom. The van der Waals surface area contributed by atoms with E-state index < -0.39 is 5.92 Å². The molecule has 2 heterocycles. The highest BCUT2D eigenvalue weighted by atomic mass is 79.9. The van der Waals surface area contributed by atoms with Gasteiger partial charge in [-0.25, -0.2) is 0 Å². The summed E-state index contributed by atoms with van der Waals surface area (Å²) in [4.78, 5) is 33.8. The zero-order valence-electron chi connectivity index (χ0n) is 11.2. The topological polar surface area (TPSA) is 72.4 Å². The lowest BCUT2D eigenvalue weighted by Crippen LogP contribution is -2.26. The number of esters is 1. The van der Waals surface area contributed by atoms with Gasteiger partial charge in [-0.15, -0.1) is 0 Å². The Labute approximate surface area is 129 Å². The lowest BCUT2D eigenvalue weighted by Gasteiger charge is -2.18. The van der Waals surface area contributed by atoms with Crippen molar-refractivity contribution < 1.29 is 14.3 Å². The zero-order chi connectivity index (χ0) is 15.0. The molecule has 1 aromatic heterocycles. The molecule has 0 saturated carbocycles. The number of hydrogen-bond donors (Lipinski definition) is 0. The monoisotopic (exact) mass is 349 g/mol. The highest BCUT2D eigenvalue weighted by Gasteiger charge is 2.36. The van der Waals surface area contributed by atoms with E-state index in [1.807, 2.05) is 0 Å². The van der Waals surface area contributed by atoms with Crippen LogP contribution in [0.25, 0.3) is 11.0 Å². The van der Waals surface area contributed by atoms with Crippen LogP contribution < -0.4 is 4.90 Å². The van der Waals surface area contributed by atoms with E-state index in [2.05, 4.69) is 25.9 Å². The molecule has 1 aliphatic heterocycles. The first-order chi connectivity index (χ1) is 10.1. The molecule has 3 rings (SSSR count). The van der Waals surface area contributed by atoms with Gasteiger partial charge in [0.25, 0.3) is 0 Å². The van der Waals surface area contributed by atoms with E-state index in [0.29, 0.717) is 22.2 Å². The van der Waals surface area contributed by atoms with Gasteiger partial charge in [-0.05, 0) is 28.1 Å². The molecule has 0 aliphatic carbocycles. The van der Waals surface area contributed by atoms with Crippen molar-refractivity contribution in [2.45, 2.75) is 6.42 Å². The molecule has 0 bridgehead atoms. The fourth-order valence-electron chi connectivity index (χ4n) is 2.47. The summed E-state index contributed by atoms with van der Waals surface area (Å²) in [7, 11) is 1.33. The molecule has 108 valence electrons. The number of methoxy groups -OCH3 is 1. The number of hydrogen-bond acceptors (Lipinski definition) is 5. The maximum atomic E-state index is 12.2. The van der Waals surface area contributed by atoms with Crippen LogP contribution in [-0.4, -0.2) is 35.5 Å². The molecule has 1 saturated heterocycles. The fourth-order valence-corrected chi connectivity index (χ4v) is 3.12. The first-order valence-electron chi connectivity index (χ1n) is 6.39. The molecule has 0 radical (unpaired) electrons. The number of benzene rings is 1. The van der Waals surface area contributed by atoms with Crippen molar-refractivity contribution in [3.05, 3.63) is 29.0 Å². The van der Waals surface area contributed by atoms with Gasteiger partial charge in [0.2, 0.25) is 5.91 Å². The average Bonchev–Trinajstić information content (AvgIpc) is 2.89. The van der Waals surface area contributed by atoms with Crippen LogP contribution in [0.15, 0.2) is 29.0 Å². The number of carbonyl (C=O) groups excluding carboxylic acids is 2. The Morgan fingerprint density at radius 3 is 2.90 bits per heavy atom. The van der Waals surface area contributed by atoms with Crippen LogP contribution in [0.3, 0.4) is 0 Å². The second-order valence-electron chi connectivity index (χ2n) is 4.75. The lowest BCUT2D eigenvalue weighted by atomic mass is 10.1. The van der Waals surface area contributed by atoms with Crippen LogP contribution in [0.1, 0.15) is 6.42 Å². The molecule has 1 fully saturated rings. The minimum atomic E-state index is -0.424. The first-order valence-corrected chi connectivity index (χ1v) is 7.18. The molecule has 7 heteroatoms. The lowest BCUT2D eigenvalue weighted by molar-refractivity contribution is -0.145. The van der Waals surface area contributed by atoms with Crippen LogP contribution in [0, 0.1) is 5.92 Å². The number of ether oxygens (including phenoxy) is 1. The highest BCUT2D eigenvalue weighted by molar-refractivity contribution is 9.10. The predicted molar refractivity (Wildman–Crippen MR) is 79.7 cm³/mol. The molecule has 0 spiro atoms. The number of fused-ring (bicyclic) bond motifs is 1. The Bertz CT molecular complexity index is 734. The number of rotatable bonds is 2. The maximum absolute atomic E-state index is 12.2. The maximum Gasteiger partial charge on any atom is 0.311 e. The Balaban J connectivity index is 1.99. The summed E-state index contributed by atoms with van der Waals surface area (Å²) in [5.41, 5.74) is 2.12. The Hall–Kier alpha value is -2.02. The number of amides is 1. The Kier molecular flexibility index (Phi) is 3.59. The summed E-state index contributed by atoms with van der Waals surface area (Å²) >= 11 is 3.48. The second kappa shape index (κ2) is 5.40. The van der Waals surface area contributed by atoms with Crippen molar-refractivity contribution in [1.82, 2.24) is 9.97 Å². The molecular weight excluding hydrogens is 338 g/mol. The van der Waals surface area contributed by atoms with Crippen LogP contribution in [0.2, 0.25) is 0 Å². The second-order valence-corrected chi connectivity index (χ2v) is 5.54. The van der Waals surface area contributed by atoms with Gasteiger partial charge in [-0.3, -0.25) is 19.6 Å². The van der Waals surface area contributed by atoms with E-state index in [0.717, 1.165) is 5.52 Å². The third-order valence-electron chi connectivity index (χ3n) is 3.51. The van der Waals surface area contributed by atoms with Crippen molar-refractivity contribution in [2.75, 3.05) is 18.6 Å². The molecule has 6 nitrogen and oxygen atoms in total. The minimum Gasteiger partial charge on any atom is -0.469 e. The number of carbonyl (C=O) groups is 2. The van der Waals surface area contributed by atoms with Crippen molar-refractivity contribution in [3.63, 3.8) is 0 Å². The first kappa shape index (κ1) is 13.9. The molecule has 1 aliphatic rings. The summed E-state index contributed by atoms with van der Waals surface area (Å²) in [5, 5.41) is 0. The van der Waals surface area contributed by atoms with E-state index in [1.165, 1.54) is 7.11 Å². The SMILES string of the molecule is COC(=O)C1CC(=O)N(c2ccc3nccnc3c2Br)C1. The van der Waals surface area contributed by atoms with Gasteiger partial charge in [0.05, 0.1) is 28.7 Å². The van der Waals surface area contributed by atoms with Crippen molar-refractivity contribution in [3.8, 4) is 0 Å². The fraction of sp³-hybridized carbons (Fsp3) is 0.286. The molecule has 1 atom stereocenters. The Morgan fingerprint density at radius 2 is 2.14 bits per heavy atom. The molecule has 2 aromatic rings. The summed E-state index contributed by atoms with van der Waals surface area (Å²) < 4.78 is 5.42. The number of nitrogens with zero attached hydrogens (tertiary/aromatic N) is 3. The standard InChI is InChI=1S/C14H12BrN3O3/c1-21-14(20)8-6-11(19)18(7-8)10-3-2-9-13(12(10)15)17-5-4-16-9/h2-5,8H,6-7H2,1H3. The van der Waals surface area contributed by atoms with Gasteiger partial charge in [0.15, 0.2) is 0 Å². The van der Waals surface area contributed by atoms with Crippen molar-refractivity contribution >= 4 is 44.5 Å². The quantitative estimate of drug-likeness (QED) is 0.774. The normalized spacial score (nSPS) is 18.3. The zero-order valence-corrected chi connectivity index (χ0v) is 12.8. The van der Waals surface area contributed by atoms with E-state index in [1.54, 1.807) is 29.4 Å². The summed E-state index contributed by atoms with van der Waals surface area (Å²) in [6.45, 7) is 0.315. The molecule has 21 heavy (non-hydrogen) atoms. The number of halogens is 1. The van der Waals surface area contributed by atoms with E-state index in [9.17, 15) is 9.59 Å². The number of aromatic nitrogens is 2. The van der Waals surface area contributed by atoms with Crippen LogP contribution in [0.4, 0.5) is 5.69 Å². The third kappa shape index (κ3) is 2.37. The van der Waals surface area contributed by atoms with Gasteiger partial charge < -0.3 is 9.64 Å². The summed E-state index contributed by atoms with van der Waals surface area (Å²) in [6.07, 6.45) is 3.38. The molecular formula is C14H12BrN3O3. The predicted octanol–water partition coefficient (Wildman–Crippen LogP) is 1.92. The smallest absolute Gasteiger partial charge is 0.311 e. The van der Waals surface area contributed by atoms with Crippen LogP contribution >= 0.6 is 15.9 Å².